The van der Waals surface area contributed by atoms with Crippen molar-refractivity contribution in [2.75, 3.05) is 5.73 Å². The van der Waals surface area contributed by atoms with Crippen molar-refractivity contribution in [3.8, 4) is 11.6 Å². The van der Waals surface area contributed by atoms with Gasteiger partial charge in [-0.3, -0.25) is 0 Å². The second kappa shape index (κ2) is 7.33. The van der Waals surface area contributed by atoms with Crippen LogP contribution in [0.1, 0.15) is 16.7 Å². The average Bonchev–Trinajstić information content (AvgIpc) is 2.58. The lowest BCUT2D eigenvalue weighted by Gasteiger charge is -2.12. The molecule has 2 N–H and O–H groups in total. The summed E-state index contributed by atoms with van der Waals surface area (Å²) in [6, 6.07) is 11.9. The number of hydrogen-bond acceptors (Lipinski definition) is 5. The molecule has 3 rings (SSSR count). The fraction of sp³-hybridized carbons (Fsp3) is 0.158. The van der Waals surface area contributed by atoms with Crippen LogP contribution in [0.4, 0.5) is 5.69 Å². The highest BCUT2D eigenvalue weighted by molar-refractivity contribution is 7.99. The van der Waals surface area contributed by atoms with E-state index >= 15 is 0 Å². The Labute approximate surface area is 156 Å². The minimum absolute atomic E-state index is 0.339. The van der Waals surface area contributed by atoms with Crippen LogP contribution in [0.2, 0.25) is 5.02 Å². The van der Waals surface area contributed by atoms with Crippen molar-refractivity contribution in [3.05, 3.63) is 64.4 Å². The largest absolute Gasteiger partial charge is 0.437 e. The molecule has 0 saturated carbocycles. The molecule has 3 aromatic rings. The Morgan fingerprint density at radius 3 is 2.28 bits per heavy atom. The summed E-state index contributed by atoms with van der Waals surface area (Å²) < 4.78 is 5.88. The third kappa shape index (κ3) is 4.06. The predicted molar refractivity (Wildman–Crippen MR) is 103 cm³/mol. The monoisotopic (exact) mass is 371 g/mol. The summed E-state index contributed by atoms with van der Waals surface area (Å²) in [4.78, 5) is 9.50. The fourth-order valence-corrected chi connectivity index (χ4v) is 3.22. The van der Waals surface area contributed by atoms with E-state index in [-0.39, 0.29) is 0 Å². The first-order chi connectivity index (χ1) is 11.9. The van der Waals surface area contributed by atoms with Gasteiger partial charge in [-0.15, -0.1) is 0 Å². The summed E-state index contributed by atoms with van der Waals surface area (Å²) in [6.07, 6.45) is 1.46. The zero-order valence-electron chi connectivity index (χ0n) is 14.2. The quantitative estimate of drug-likeness (QED) is 0.606. The normalized spacial score (nSPS) is 10.7. The highest BCUT2D eigenvalue weighted by atomic mass is 35.5. The van der Waals surface area contributed by atoms with E-state index in [2.05, 4.69) is 29.0 Å². The fourth-order valence-electron chi connectivity index (χ4n) is 2.32. The van der Waals surface area contributed by atoms with E-state index in [0.717, 1.165) is 21.0 Å². The summed E-state index contributed by atoms with van der Waals surface area (Å²) in [5.41, 5.74) is 9.73. The lowest BCUT2D eigenvalue weighted by molar-refractivity contribution is 0.461. The summed E-state index contributed by atoms with van der Waals surface area (Å²) in [6.45, 7) is 5.92. The molecule has 6 heteroatoms. The van der Waals surface area contributed by atoms with E-state index in [0.29, 0.717) is 22.3 Å². The van der Waals surface area contributed by atoms with E-state index in [1.807, 2.05) is 38.1 Å². The number of ether oxygens (including phenoxy) is 1. The molecule has 128 valence electrons. The highest BCUT2D eigenvalue weighted by Crippen LogP contribution is 2.36. The van der Waals surface area contributed by atoms with Gasteiger partial charge in [-0.25, -0.2) is 4.98 Å². The third-order valence-corrected chi connectivity index (χ3v) is 5.29. The van der Waals surface area contributed by atoms with Gasteiger partial charge in [-0.1, -0.05) is 41.1 Å². The number of nitrogens with two attached hydrogens (primary N) is 1. The smallest absolute Gasteiger partial charge is 0.247 e. The lowest BCUT2D eigenvalue weighted by Crippen LogP contribution is -1.99. The molecule has 0 aliphatic rings. The zero-order chi connectivity index (χ0) is 18.0. The van der Waals surface area contributed by atoms with Crippen LogP contribution in [0.15, 0.2) is 52.6 Å². The van der Waals surface area contributed by atoms with Crippen LogP contribution in [-0.2, 0) is 0 Å². The van der Waals surface area contributed by atoms with Crippen LogP contribution in [0.25, 0.3) is 0 Å². The van der Waals surface area contributed by atoms with Crippen molar-refractivity contribution < 1.29 is 4.74 Å². The van der Waals surface area contributed by atoms with Crippen LogP contribution in [0.3, 0.4) is 0 Å². The molecule has 2 aromatic carbocycles. The number of anilines is 1. The lowest BCUT2D eigenvalue weighted by atomic mass is 10.1. The van der Waals surface area contributed by atoms with Gasteiger partial charge in [0, 0.05) is 9.92 Å². The number of rotatable bonds is 4. The molecule has 0 spiro atoms. The number of aryl methyl sites for hydroxylation is 3. The van der Waals surface area contributed by atoms with Gasteiger partial charge in [-0.2, -0.15) is 4.98 Å². The second-order valence-corrected chi connectivity index (χ2v) is 7.23. The van der Waals surface area contributed by atoms with E-state index < -0.39 is 0 Å². The van der Waals surface area contributed by atoms with Crippen LogP contribution in [-0.4, -0.2) is 9.97 Å². The first kappa shape index (κ1) is 17.6. The van der Waals surface area contributed by atoms with Crippen LogP contribution >= 0.6 is 23.4 Å². The molecule has 0 atom stereocenters. The van der Waals surface area contributed by atoms with Crippen molar-refractivity contribution in [3.63, 3.8) is 0 Å². The standard InChI is InChI=1S/C19H18ClN3OS/c1-11-4-6-15(7-5-11)25-19-17(21)18(22-10-23-19)24-14-8-12(2)16(20)13(3)9-14/h4-10H,21H2,1-3H3. The number of hydrogen-bond donors (Lipinski definition) is 1. The van der Waals surface area contributed by atoms with Gasteiger partial charge in [0.1, 0.15) is 22.8 Å². The second-order valence-electron chi connectivity index (χ2n) is 5.79. The van der Waals surface area contributed by atoms with Crippen molar-refractivity contribution >= 4 is 29.1 Å². The number of nitrogen functional groups attached to an aromatic ring is 1. The van der Waals surface area contributed by atoms with Crippen LogP contribution in [0, 0.1) is 20.8 Å². The number of halogens is 1. The Balaban J connectivity index is 1.87. The number of aromatic nitrogens is 2. The SMILES string of the molecule is Cc1ccc(Sc2ncnc(Oc3cc(C)c(Cl)c(C)c3)c2N)cc1. The van der Waals surface area contributed by atoms with Gasteiger partial charge >= 0.3 is 0 Å². The van der Waals surface area contributed by atoms with Gasteiger partial charge in [0.25, 0.3) is 0 Å². The molecule has 0 radical (unpaired) electrons. The summed E-state index contributed by atoms with van der Waals surface area (Å²) in [5.74, 6) is 0.988. The molecular formula is C19H18ClN3OS. The number of nitrogens with zero attached hydrogens (tertiary/aromatic N) is 2. The molecule has 0 aliphatic carbocycles. The van der Waals surface area contributed by atoms with Crippen molar-refractivity contribution in [1.82, 2.24) is 9.97 Å². The summed E-state index contributed by atoms with van der Waals surface area (Å²) >= 11 is 7.68. The molecular weight excluding hydrogens is 354 g/mol. The molecule has 4 nitrogen and oxygen atoms in total. The Bertz CT molecular complexity index is 890. The molecule has 0 saturated heterocycles. The average molecular weight is 372 g/mol. The maximum atomic E-state index is 6.22. The molecule has 1 heterocycles. The number of benzene rings is 2. The summed E-state index contributed by atoms with van der Waals surface area (Å²) in [5, 5.41) is 1.40. The van der Waals surface area contributed by atoms with Crippen molar-refractivity contribution in [2.45, 2.75) is 30.7 Å². The van der Waals surface area contributed by atoms with E-state index in [1.54, 1.807) is 0 Å². The van der Waals surface area contributed by atoms with Gasteiger partial charge < -0.3 is 10.5 Å². The van der Waals surface area contributed by atoms with Crippen LogP contribution in [0.5, 0.6) is 11.6 Å². The maximum Gasteiger partial charge on any atom is 0.247 e. The predicted octanol–water partition coefficient (Wildman–Crippen LogP) is 5.58. The molecule has 0 bridgehead atoms. The Morgan fingerprint density at radius 1 is 1.00 bits per heavy atom. The molecule has 25 heavy (non-hydrogen) atoms. The van der Waals surface area contributed by atoms with Crippen LogP contribution < -0.4 is 10.5 Å². The minimum Gasteiger partial charge on any atom is -0.437 e. The van der Waals surface area contributed by atoms with Gasteiger partial charge in [0.05, 0.1) is 0 Å². The van der Waals surface area contributed by atoms with Crippen molar-refractivity contribution in [2.24, 2.45) is 0 Å². The Morgan fingerprint density at radius 2 is 1.64 bits per heavy atom. The van der Waals surface area contributed by atoms with Gasteiger partial charge in [-0.05, 0) is 56.2 Å². The first-order valence-electron chi connectivity index (χ1n) is 7.73. The molecule has 0 amide bonds. The van der Waals surface area contributed by atoms with E-state index in [9.17, 15) is 0 Å². The highest BCUT2D eigenvalue weighted by Gasteiger charge is 2.13. The Kier molecular flexibility index (Phi) is 5.16. The van der Waals surface area contributed by atoms with E-state index in [1.165, 1.54) is 23.7 Å². The van der Waals surface area contributed by atoms with Gasteiger partial charge in [0.2, 0.25) is 5.88 Å². The summed E-state index contributed by atoms with van der Waals surface area (Å²) in [7, 11) is 0. The maximum absolute atomic E-state index is 6.22. The minimum atomic E-state index is 0.339. The molecule has 0 unspecified atom stereocenters. The third-order valence-electron chi connectivity index (χ3n) is 3.67. The molecule has 1 aromatic heterocycles. The topological polar surface area (TPSA) is 61.0 Å². The van der Waals surface area contributed by atoms with Gasteiger partial charge in [0.15, 0.2) is 0 Å². The van der Waals surface area contributed by atoms with Crippen molar-refractivity contribution in [1.29, 1.82) is 0 Å². The molecule has 0 aliphatic heterocycles. The van der Waals surface area contributed by atoms with E-state index in [4.69, 9.17) is 22.1 Å². The zero-order valence-corrected chi connectivity index (χ0v) is 15.8. The first-order valence-corrected chi connectivity index (χ1v) is 8.93. The molecule has 0 fully saturated rings. The Hall–Kier alpha value is -2.24.